The van der Waals surface area contributed by atoms with E-state index in [1.54, 1.807) is 12.4 Å². The number of rotatable bonds is 2. The summed E-state index contributed by atoms with van der Waals surface area (Å²) >= 11 is 0. The van der Waals surface area contributed by atoms with Gasteiger partial charge in [-0.05, 0) is 12.6 Å². The van der Waals surface area contributed by atoms with Crippen molar-refractivity contribution in [3.63, 3.8) is 0 Å². The number of nitrogens with one attached hydrogen (secondary N) is 1. The third kappa shape index (κ3) is 1.72. The third-order valence-electron chi connectivity index (χ3n) is 1.18. The fourth-order valence-corrected chi connectivity index (χ4v) is 0.745. The Bertz CT molecular complexity index is 145. The SMILES string of the molecule is C=CNC1C=NC=CC1. The molecular formula is C7H10N2. The summed E-state index contributed by atoms with van der Waals surface area (Å²) in [5.41, 5.74) is 0. The van der Waals surface area contributed by atoms with E-state index in [9.17, 15) is 0 Å². The lowest BCUT2D eigenvalue weighted by molar-refractivity contribution is 0.751. The average molecular weight is 122 g/mol. The minimum absolute atomic E-state index is 0.354. The maximum absolute atomic E-state index is 3.96. The lowest BCUT2D eigenvalue weighted by atomic mass is 10.2. The van der Waals surface area contributed by atoms with Crippen LogP contribution in [0, 0.1) is 0 Å². The first-order valence-electron chi connectivity index (χ1n) is 2.99. The van der Waals surface area contributed by atoms with Crippen molar-refractivity contribution in [1.29, 1.82) is 0 Å². The van der Waals surface area contributed by atoms with Crippen molar-refractivity contribution in [1.82, 2.24) is 5.32 Å². The minimum Gasteiger partial charge on any atom is -0.383 e. The van der Waals surface area contributed by atoms with Crippen molar-refractivity contribution in [2.24, 2.45) is 4.99 Å². The van der Waals surface area contributed by atoms with Crippen LogP contribution in [-0.2, 0) is 0 Å². The highest BCUT2D eigenvalue weighted by Gasteiger charge is 2.00. The van der Waals surface area contributed by atoms with Crippen LogP contribution in [0.25, 0.3) is 0 Å². The molecule has 2 nitrogen and oxygen atoms in total. The second-order valence-corrected chi connectivity index (χ2v) is 1.90. The van der Waals surface area contributed by atoms with E-state index in [4.69, 9.17) is 0 Å². The summed E-state index contributed by atoms with van der Waals surface area (Å²) < 4.78 is 0. The van der Waals surface area contributed by atoms with Crippen molar-refractivity contribution >= 4 is 6.21 Å². The van der Waals surface area contributed by atoms with Gasteiger partial charge in [0.05, 0.1) is 6.04 Å². The molecule has 0 aromatic heterocycles. The molecule has 1 aliphatic rings. The zero-order valence-electron chi connectivity index (χ0n) is 5.25. The molecule has 1 unspecified atom stereocenters. The van der Waals surface area contributed by atoms with Crippen LogP contribution in [0.3, 0.4) is 0 Å². The molecule has 1 rings (SSSR count). The maximum atomic E-state index is 3.96. The van der Waals surface area contributed by atoms with E-state index in [2.05, 4.69) is 16.9 Å². The van der Waals surface area contributed by atoms with Gasteiger partial charge in [0.15, 0.2) is 0 Å². The Hall–Kier alpha value is -1.05. The van der Waals surface area contributed by atoms with Gasteiger partial charge >= 0.3 is 0 Å². The van der Waals surface area contributed by atoms with Gasteiger partial charge < -0.3 is 5.32 Å². The van der Waals surface area contributed by atoms with Gasteiger partial charge in [0, 0.05) is 12.4 Å². The molecule has 48 valence electrons. The van der Waals surface area contributed by atoms with Crippen molar-refractivity contribution in [2.45, 2.75) is 12.5 Å². The Morgan fingerprint density at radius 3 is 3.22 bits per heavy atom. The highest BCUT2D eigenvalue weighted by Crippen LogP contribution is 1.96. The molecule has 0 saturated carbocycles. The Morgan fingerprint density at radius 1 is 1.78 bits per heavy atom. The van der Waals surface area contributed by atoms with Gasteiger partial charge in [-0.2, -0.15) is 0 Å². The molecule has 1 atom stereocenters. The molecule has 1 heterocycles. The monoisotopic (exact) mass is 122 g/mol. The number of hydrogen-bond acceptors (Lipinski definition) is 2. The quantitative estimate of drug-likeness (QED) is 0.582. The highest BCUT2D eigenvalue weighted by molar-refractivity contribution is 5.66. The molecule has 0 bridgehead atoms. The van der Waals surface area contributed by atoms with Crippen LogP contribution in [0.2, 0.25) is 0 Å². The third-order valence-corrected chi connectivity index (χ3v) is 1.18. The first-order valence-corrected chi connectivity index (χ1v) is 2.99. The molecule has 0 aromatic rings. The number of hydrogen-bond donors (Lipinski definition) is 1. The Morgan fingerprint density at radius 2 is 2.67 bits per heavy atom. The number of aliphatic imine (C=N–C) groups is 1. The van der Waals surface area contributed by atoms with Crippen molar-refractivity contribution < 1.29 is 0 Å². The van der Waals surface area contributed by atoms with E-state index in [0.29, 0.717) is 6.04 Å². The van der Waals surface area contributed by atoms with Crippen molar-refractivity contribution in [2.75, 3.05) is 0 Å². The standard InChI is InChI=1S/C7H10N2/c1-2-9-7-4-3-5-8-6-7/h2-3,5-7,9H,1,4H2. The van der Waals surface area contributed by atoms with Gasteiger partial charge in [-0.15, -0.1) is 0 Å². The van der Waals surface area contributed by atoms with E-state index < -0.39 is 0 Å². The molecule has 2 heteroatoms. The van der Waals surface area contributed by atoms with Gasteiger partial charge in [0.2, 0.25) is 0 Å². The van der Waals surface area contributed by atoms with E-state index in [1.807, 2.05) is 12.3 Å². The highest BCUT2D eigenvalue weighted by atomic mass is 14.9. The second-order valence-electron chi connectivity index (χ2n) is 1.90. The predicted molar refractivity (Wildman–Crippen MR) is 39.4 cm³/mol. The van der Waals surface area contributed by atoms with E-state index in [1.165, 1.54) is 0 Å². The summed E-state index contributed by atoms with van der Waals surface area (Å²) in [6, 6.07) is 0.354. The summed E-state index contributed by atoms with van der Waals surface area (Å²) in [4.78, 5) is 3.96. The molecule has 0 amide bonds. The lowest BCUT2D eigenvalue weighted by Gasteiger charge is -2.10. The average Bonchev–Trinajstić information content (AvgIpc) is 1.91. The smallest absolute Gasteiger partial charge is 0.0645 e. The predicted octanol–water partition coefficient (Wildman–Crippen LogP) is 1.08. The Kier molecular flexibility index (Phi) is 2.07. The largest absolute Gasteiger partial charge is 0.383 e. The fourth-order valence-electron chi connectivity index (χ4n) is 0.745. The first kappa shape index (κ1) is 6.08. The molecule has 0 saturated heterocycles. The van der Waals surface area contributed by atoms with E-state index in [-0.39, 0.29) is 0 Å². The van der Waals surface area contributed by atoms with Gasteiger partial charge in [-0.25, -0.2) is 0 Å². The van der Waals surface area contributed by atoms with Crippen LogP contribution in [0.4, 0.5) is 0 Å². The Labute approximate surface area is 55.0 Å². The lowest BCUT2D eigenvalue weighted by Crippen LogP contribution is -2.25. The molecule has 1 aliphatic heterocycles. The Balaban J connectivity index is 2.36. The summed E-state index contributed by atoms with van der Waals surface area (Å²) in [5.74, 6) is 0. The van der Waals surface area contributed by atoms with Crippen LogP contribution < -0.4 is 5.32 Å². The molecular weight excluding hydrogens is 112 g/mol. The van der Waals surface area contributed by atoms with Crippen molar-refractivity contribution in [3.05, 3.63) is 25.1 Å². The van der Waals surface area contributed by atoms with E-state index >= 15 is 0 Å². The molecule has 0 aliphatic carbocycles. The molecule has 0 spiro atoms. The van der Waals surface area contributed by atoms with Crippen LogP contribution in [0.5, 0.6) is 0 Å². The summed E-state index contributed by atoms with van der Waals surface area (Å²) in [5, 5.41) is 3.05. The topological polar surface area (TPSA) is 24.4 Å². The first-order chi connectivity index (χ1) is 4.43. The molecule has 0 fully saturated rings. The zero-order valence-corrected chi connectivity index (χ0v) is 5.25. The summed E-state index contributed by atoms with van der Waals surface area (Å²) in [6.45, 7) is 3.56. The molecule has 0 radical (unpaired) electrons. The summed E-state index contributed by atoms with van der Waals surface area (Å²) in [7, 11) is 0. The maximum Gasteiger partial charge on any atom is 0.0645 e. The van der Waals surface area contributed by atoms with Gasteiger partial charge in [0.25, 0.3) is 0 Å². The van der Waals surface area contributed by atoms with Crippen LogP contribution >= 0.6 is 0 Å². The second kappa shape index (κ2) is 3.07. The summed E-state index contributed by atoms with van der Waals surface area (Å²) in [6.07, 6.45) is 8.41. The normalized spacial score (nSPS) is 23.8. The van der Waals surface area contributed by atoms with Crippen LogP contribution in [0.1, 0.15) is 6.42 Å². The van der Waals surface area contributed by atoms with Gasteiger partial charge in [-0.1, -0.05) is 12.7 Å². The minimum atomic E-state index is 0.354. The molecule has 1 N–H and O–H groups in total. The number of nitrogens with zero attached hydrogens (tertiary/aromatic N) is 1. The van der Waals surface area contributed by atoms with Crippen molar-refractivity contribution in [3.8, 4) is 0 Å². The van der Waals surface area contributed by atoms with Crippen LogP contribution in [0.15, 0.2) is 30.0 Å². The zero-order chi connectivity index (χ0) is 6.53. The molecule has 0 aromatic carbocycles. The van der Waals surface area contributed by atoms with Gasteiger partial charge in [-0.3, -0.25) is 4.99 Å². The molecule has 9 heavy (non-hydrogen) atoms. The van der Waals surface area contributed by atoms with Gasteiger partial charge in [0.1, 0.15) is 0 Å². The van der Waals surface area contributed by atoms with E-state index in [0.717, 1.165) is 6.42 Å². The van der Waals surface area contributed by atoms with Crippen LogP contribution in [-0.4, -0.2) is 12.3 Å². The fraction of sp³-hybridized carbons (Fsp3) is 0.286.